The molecule has 0 atom stereocenters. The summed E-state index contributed by atoms with van der Waals surface area (Å²) >= 11 is 0. The molecule has 0 aliphatic rings. The predicted octanol–water partition coefficient (Wildman–Crippen LogP) is 0.0542. The fourth-order valence-corrected chi connectivity index (χ4v) is 2.88. The second-order valence-electron chi connectivity index (χ2n) is 3.54. The second kappa shape index (κ2) is 5.62. The molecule has 2 N–H and O–H groups in total. The average molecular weight is 267 g/mol. The topological polar surface area (TPSA) is 104 Å². The van der Waals surface area contributed by atoms with E-state index in [9.17, 15) is 13.2 Å². The zero-order chi connectivity index (χ0) is 13.8. The van der Waals surface area contributed by atoms with Crippen LogP contribution in [-0.4, -0.2) is 31.7 Å². The Hall–Kier alpha value is -1.91. The van der Waals surface area contributed by atoms with E-state index < -0.39 is 15.9 Å². The highest BCUT2D eigenvalue weighted by atomic mass is 32.2. The van der Waals surface area contributed by atoms with Crippen LogP contribution in [0.25, 0.3) is 0 Å². The van der Waals surface area contributed by atoms with Crippen molar-refractivity contribution in [3.63, 3.8) is 0 Å². The molecule has 0 fully saturated rings. The number of rotatable bonds is 5. The summed E-state index contributed by atoms with van der Waals surface area (Å²) in [7, 11) is -3.80. The van der Waals surface area contributed by atoms with Gasteiger partial charge in [-0.15, -0.1) is 0 Å². The molecule has 0 saturated carbocycles. The lowest BCUT2D eigenvalue weighted by Gasteiger charge is -2.18. The van der Waals surface area contributed by atoms with Gasteiger partial charge in [-0.2, -0.15) is 9.57 Å². The van der Waals surface area contributed by atoms with E-state index >= 15 is 0 Å². The molecule has 0 unspecified atom stereocenters. The van der Waals surface area contributed by atoms with Crippen molar-refractivity contribution in [2.75, 3.05) is 13.1 Å². The number of carbonyl (C=O) groups excluding carboxylic acids is 1. The van der Waals surface area contributed by atoms with Crippen LogP contribution in [0.1, 0.15) is 12.5 Å². The highest BCUT2D eigenvalue weighted by Gasteiger charge is 2.24. The van der Waals surface area contributed by atoms with Gasteiger partial charge in [-0.25, -0.2) is 8.42 Å². The van der Waals surface area contributed by atoms with E-state index in [1.54, 1.807) is 6.92 Å². The van der Waals surface area contributed by atoms with Crippen molar-refractivity contribution in [1.82, 2.24) is 4.31 Å². The lowest BCUT2D eigenvalue weighted by Crippen LogP contribution is -2.38. The molecule has 1 rings (SSSR count). The van der Waals surface area contributed by atoms with Gasteiger partial charge in [0, 0.05) is 6.54 Å². The quantitative estimate of drug-likeness (QED) is 0.814. The minimum Gasteiger partial charge on any atom is -0.369 e. The molecule has 0 heterocycles. The fraction of sp³-hybridized carbons (Fsp3) is 0.273. The second-order valence-corrected chi connectivity index (χ2v) is 5.48. The minimum atomic E-state index is -3.80. The first-order valence-electron chi connectivity index (χ1n) is 5.20. The van der Waals surface area contributed by atoms with Crippen LogP contribution in [0.4, 0.5) is 0 Å². The Balaban J connectivity index is 3.19. The lowest BCUT2D eigenvalue weighted by molar-refractivity contribution is -0.118. The summed E-state index contributed by atoms with van der Waals surface area (Å²) in [5, 5.41) is 8.74. The van der Waals surface area contributed by atoms with E-state index in [4.69, 9.17) is 11.0 Å². The molecule has 0 radical (unpaired) electrons. The molecule has 1 aromatic carbocycles. The van der Waals surface area contributed by atoms with Crippen LogP contribution in [0.3, 0.4) is 0 Å². The summed E-state index contributed by atoms with van der Waals surface area (Å²) < 4.78 is 25.3. The number of nitrogens with two attached hydrogens (primary N) is 1. The number of carbonyl (C=O) groups is 1. The molecule has 7 heteroatoms. The number of nitriles is 1. The van der Waals surface area contributed by atoms with Crippen molar-refractivity contribution in [1.29, 1.82) is 5.26 Å². The largest absolute Gasteiger partial charge is 0.369 e. The van der Waals surface area contributed by atoms with Crippen molar-refractivity contribution in [2.24, 2.45) is 5.73 Å². The molecule has 0 bridgehead atoms. The van der Waals surface area contributed by atoms with Crippen LogP contribution in [0.15, 0.2) is 29.2 Å². The zero-order valence-corrected chi connectivity index (χ0v) is 10.6. The van der Waals surface area contributed by atoms with E-state index in [1.165, 1.54) is 24.3 Å². The molecular formula is C11H13N3O3S. The van der Waals surface area contributed by atoms with Gasteiger partial charge in [0.15, 0.2) is 0 Å². The number of hydrogen-bond donors (Lipinski definition) is 1. The first-order chi connectivity index (χ1) is 8.41. The van der Waals surface area contributed by atoms with Gasteiger partial charge in [0.2, 0.25) is 15.9 Å². The normalized spacial score (nSPS) is 11.2. The van der Waals surface area contributed by atoms with Crippen molar-refractivity contribution >= 4 is 15.9 Å². The molecule has 0 aliphatic heterocycles. The molecule has 96 valence electrons. The third kappa shape index (κ3) is 3.06. The van der Waals surface area contributed by atoms with Crippen molar-refractivity contribution in [3.8, 4) is 6.07 Å². The minimum absolute atomic E-state index is 0.0235. The summed E-state index contributed by atoms with van der Waals surface area (Å²) in [6.07, 6.45) is 0. The predicted molar refractivity (Wildman–Crippen MR) is 64.8 cm³/mol. The van der Waals surface area contributed by atoms with Crippen molar-refractivity contribution < 1.29 is 13.2 Å². The van der Waals surface area contributed by atoms with Crippen molar-refractivity contribution in [2.45, 2.75) is 11.8 Å². The summed E-state index contributed by atoms with van der Waals surface area (Å²) in [5.74, 6) is -0.725. The Kier molecular flexibility index (Phi) is 4.42. The molecule has 1 aromatic rings. The third-order valence-corrected chi connectivity index (χ3v) is 4.20. The van der Waals surface area contributed by atoms with E-state index in [1.807, 2.05) is 6.07 Å². The Morgan fingerprint density at radius 3 is 2.67 bits per heavy atom. The number of primary amides is 1. The van der Waals surface area contributed by atoms with Crippen LogP contribution < -0.4 is 5.73 Å². The molecule has 0 spiro atoms. The third-order valence-electron chi connectivity index (χ3n) is 2.29. The fourth-order valence-electron chi connectivity index (χ4n) is 1.42. The molecule has 0 aromatic heterocycles. The Morgan fingerprint density at radius 2 is 2.17 bits per heavy atom. The maximum absolute atomic E-state index is 12.2. The highest BCUT2D eigenvalue weighted by Crippen LogP contribution is 2.16. The van der Waals surface area contributed by atoms with Gasteiger partial charge in [-0.05, 0) is 18.2 Å². The standard InChI is InChI=1S/C11H13N3O3S/c1-2-14(8-11(13)15)18(16,17)10-5-3-4-9(6-10)7-12/h3-6H,2,8H2,1H3,(H2,13,15). The average Bonchev–Trinajstić information content (AvgIpc) is 2.35. The molecule has 0 saturated heterocycles. The van der Waals surface area contributed by atoms with Crippen LogP contribution in [-0.2, 0) is 14.8 Å². The number of nitrogens with zero attached hydrogens (tertiary/aromatic N) is 2. The lowest BCUT2D eigenvalue weighted by atomic mass is 10.2. The maximum atomic E-state index is 12.2. The summed E-state index contributed by atoms with van der Waals surface area (Å²) in [4.78, 5) is 10.8. The Labute approximate surface area is 106 Å². The molecule has 0 aliphatic carbocycles. The Morgan fingerprint density at radius 1 is 1.50 bits per heavy atom. The summed E-state index contributed by atoms with van der Waals surface area (Å²) in [6.45, 7) is 1.35. The van der Waals surface area contributed by atoms with Crippen LogP contribution in [0.2, 0.25) is 0 Å². The number of amides is 1. The van der Waals surface area contributed by atoms with Gasteiger partial charge in [-0.3, -0.25) is 4.79 Å². The first kappa shape index (κ1) is 14.2. The van der Waals surface area contributed by atoms with Crippen LogP contribution >= 0.6 is 0 Å². The van der Waals surface area contributed by atoms with Crippen LogP contribution in [0.5, 0.6) is 0 Å². The van der Waals surface area contributed by atoms with Gasteiger partial charge in [-0.1, -0.05) is 13.0 Å². The van der Waals surface area contributed by atoms with E-state index in [0.717, 1.165) is 4.31 Å². The first-order valence-corrected chi connectivity index (χ1v) is 6.64. The van der Waals surface area contributed by atoms with Crippen LogP contribution in [0, 0.1) is 11.3 Å². The number of sulfonamides is 1. The molecular weight excluding hydrogens is 254 g/mol. The zero-order valence-electron chi connectivity index (χ0n) is 9.83. The van der Waals surface area contributed by atoms with E-state index in [2.05, 4.69) is 0 Å². The number of benzene rings is 1. The van der Waals surface area contributed by atoms with Crippen molar-refractivity contribution in [3.05, 3.63) is 29.8 Å². The van der Waals surface area contributed by atoms with Gasteiger partial charge in [0.1, 0.15) is 0 Å². The van der Waals surface area contributed by atoms with E-state index in [-0.39, 0.29) is 23.5 Å². The Bertz CT molecular complexity index is 590. The smallest absolute Gasteiger partial charge is 0.243 e. The monoisotopic (exact) mass is 267 g/mol. The molecule has 6 nitrogen and oxygen atoms in total. The van der Waals surface area contributed by atoms with Gasteiger partial charge < -0.3 is 5.73 Å². The summed E-state index contributed by atoms with van der Waals surface area (Å²) in [5.41, 5.74) is 5.24. The van der Waals surface area contributed by atoms with Gasteiger partial charge in [0.05, 0.1) is 23.1 Å². The molecule has 18 heavy (non-hydrogen) atoms. The number of hydrogen-bond acceptors (Lipinski definition) is 4. The highest BCUT2D eigenvalue weighted by molar-refractivity contribution is 7.89. The SMILES string of the molecule is CCN(CC(N)=O)S(=O)(=O)c1cccc(C#N)c1. The van der Waals surface area contributed by atoms with Gasteiger partial charge >= 0.3 is 0 Å². The van der Waals surface area contributed by atoms with E-state index in [0.29, 0.717) is 0 Å². The molecule has 1 amide bonds. The number of likely N-dealkylation sites (N-methyl/N-ethyl adjacent to an activating group) is 1. The maximum Gasteiger partial charge on any atom is 0.243 e. The van der Waals surface area contributed by atoms with Gasteiger partial charge in [0.25, 0.3) is 0 Å². The summed E-state index contributed by atoms with van der Waals surface area (Å²) in [6, 6.07) is 7.48.